The van der Waals surface area contributed by atoms with Crippen LogP contribution >= 0.6 is 0 Å². The van der Waals surface area contributed by atoms with Gasteiger partial charge in [0, 0.05) is 42.8 Å². The summed E-state index contributed by atoms with van der Waals surface area (Å²) in [5.74, 6) is 2.21. The van der Waals surface area contributed by atoms with Gasteiger partial charge in [0.25, 0.3) is 0 Å². The van der Waals surface area contributed by atoms with Crippen LogP contribution in [0, 0.1) is 0 Å². The van der Waals surface area contributed by atoms with Crippen molar-refractivity contribution in [1.82, 2.24) is 9.97 Å². The fourth-order valence-electron chi connectivity index (χ4n) is 4.93. The van der Waals surface area contributed by atoms with E-state index in [2.05, 4.69) is 4.90 Å². The van der Waals surface area contributed by atoms with Crippen LogP contribution < -0.4 is 14.5 Å². The molecule has 6 rings (SSSR count). The van der Waals surface area contributed by atoms with Crippen molar-refractivity contribution < 1.29 is 17.9 Å². The Hall–Kier alpha value is -4.59. The first-order chi connectivity index (χ1) is 19.4. The number of para-hydroxylation sites is 1. The van der Waals surface area contributed by atoms with Crippen molar-refractivity contribution in [1.29, 1.82) is 0 Å². The fourth-order valence-corrected chi connectivity index (χ4v) is 4.93. The predicted molar refractivity (Wildman–Crippen MR) is 152 cm³/mol. The highest BCUT2D eigenvalue weighted by Crippen LogP contribution is 2.33. The van der Waals surface area contributed by atoms with Crippen LogP contribution in [0.15, 0.2) is 103 Å². The standard InChI is InChI=1S/C32H27F3N4O/c33-32(34,35)25-9-6-10-26(21-25)38-17-19-39(20-18-38)31-28-11-4-5-12-29(28)36-30(37-31)24-13-15-27(16-14-24)40-22-23-7-2-1-3-8-23/h1-16,21H,17-20,22H2. The Morgan fingerprint density at radius 3 is 2.15 bits per heavy atom. The number of piperazine rings is 1. The highest BCUT2D eigenvalue weighted by atomic mass is 19.4. The summed E-state index contributed by atoms with van der Waals surface area (Å²) in [6, 6.07) is 31.2. The van der Waals surface area contributed by atoms with Crippen molar-refractivity contribution >= 4 is 22.4 Å². The van der Waals surface area contributed by atoms with Crippen LogP contribution in [0.25, 0.3) is 22.3 Å². The maximum absolute atomic E-state index is 13.2. The van der Waals surface area contributed by atoms with E-state index in [4.69, 9.17) is 14.7 Å². The number of fused-ring (bicyclic) bond motifs is 1. The van der Waals surface area contributed by atoms with Gasteiger partial charge in [0.2, 0.25) is 0 Å². The summed E-state index contributed by atoms with van der Waals surface area (Å²) < 4.78 is 45.6. The molecule has 1 saturated heterocycles. The topological polar surface area (TPSA) is 41.5 Å². The molecule has 0 aliphatic carbocycles. The summed E-state index contributed by atoms with van der Waals surface area (Å²) in [5, 5.41) is 0.946. The molecule has 1 aliphatic heterocycles. The number of hydrogen-bond donors (Lipinski definition) is 0. The number of benzene rings is 4. The monoisotopic (exact) mass is 540 g/mol. The van der Waals surface area contributed by atoms with Crippen molar-refractivity contribution in [2.24, 2.45) is 0 Å². The summed E-state index contributed by atoms with van der Waals surface area (Å²) in [6.45, 7) is 2.92. The SMILES string of the molecule is FC(F)(F)c1cccc(N2CCN(c3nc(-c4ccc(OCc5ccccc5)cc4)nc4ccccc34)CC2)c1. The van der Waals surface area contributed by atoms with Crippen LogP contribution in [0.3, 0.4) is 0 Å². The van der Waals surface area contributed by atoms with Gasteiger partial charge in [0.05, 0.1) is 11.1 Å². The third-order valence-electron chi connectivity index (χ3n) is 7.06. The van der Waals surface area contributed by atoms with Gasteiger partial charge in [-0.15, -0.1) is 0 Å². The number of anilines is 2. The molecule has 1 fully saturated rings. The van der Waals surface area contributed by atoms with Gasteiger partial charge in [0.1, 0.15) is 18.2 Å². The summed E-state index contributed by atoms with van der Waals surface area (Å²) >= 11 is 0. The zero-order valence-corrected chi connectivity index (χ0v) is 21.7. The molecule has 0 bridgehead atoms. The molecule has 0 N–H and O–H groups in total. The molecular formula is C32H27F3N4O. The van der Waals surface area contributed by atoms with Crippen LogP contribution in [0.1, 0.15) is 11.1 Å². The zero-order valence-electron chi connectivity index (χ0n) is 21.7. The number of aromatic nitrogens is 2. The molecule has 0 atom stereocenters. The fraction of sp³-hybridized carbons (Fsp3) is 0.188. The molecular weight excluding hydrogens is 513 g/mol. The second-order valence-corrected chi connectivity index (χ2v) is 9.71. The molecule has 8 heteroatoms. The molecule has 0 unspecified atom stereocenters. The highest BCUT2D eigenvalue weighted by Gasteiger charge is 2.31. The number of hydrogen-bond acceptors (Lipinski definition) is 5. The van der Waals surface area contributed by atoms with Gasteiger partial charge in [0.15, 0.2) is 5.82 Å². The number of rotatable bonds is 6. The van der Waals surface area contributed by atoms with Crippen LogP contribution in [0.5, 0.6) is 5.75 Å². The summed E-state index contributed by atoms with van der Waals surface area (Å²) in [6.07, 6.45) is -4.36. The molecule has 0 saturated carbocycles. The van der Waals surface area contributed by atoms with Crippen molar-refractivity contribution in [3.63, 3.8) is 0 Å². The quantitative estimate of drug-likeness (QED) is 0.227. The van der Waals surface area contributed by atoms with Crippen molar-refractivity contribution in [3.8, 4) is 17.1 Å². The minimum Gasteiger partial charge on any atom is -0.489 e. The van der Waals surface area contributed by atoms with E-state index >= 15 is 0 Å². The molecule has 0 amide bonds. The molecule has 0 radical (unpaired) electrons. The summed E-state index contributed by atoms with van der Waals surface area (Å²) in [4.78, 5) is 14.0. The second-order valence-electron chi connectivity index (χ2n) is 9.71. The smallest absolute Gasteiger partial charge is 0.416 e. The van der Waals surface area contributed by atoms with Gasteiger partial charge in [-0.25, -0.2) is 9.97 Å². The van der Waals surface area contributed by atoms with E-state index in [9.17, 15) is 13.2 Å². The lowest BCUT2D eigenvalue weighted by molar-refractivity contribution is -0.137. The Labute approximate surface area is 230 Å². The summed E-state index contributed by atoms with van der Waals surface area (Å²) in [5.41, 5.74) is 2.77. The van der Waals surface area contributed by atoms with E-state index < -0.39 is 11.7 Å². The number of halogens is 3. The average Bonchev–Trinajstić information content (AvgIpc) is 3.00. The van der Waals surface area contributed by atoms with E-state index in [1.165, 1.54) is 12.1 Å². The van der Waals surface area contributed by atoms with Gasteiger partial charge < -0.3 is 14.5 Å². The van der Waals surface area contributed by atoms with E-state index in [0.29, 0.717) is 44.3 Å². The predicted octanol–water partition coefficient (Wildman–Crippen LogP) is 7.22. The van der Waals surface area contributed by atoms with Crippen LogP contribution in [0.4, 0.5) is 24.7 Å². The lowest BCUT2D eigenvalue weighted by Crippen LogP contribution is -2.47. The number of nitrogens with zero attached hydrogens (tertiary/aromatic N) is 4. The Kier molecular flexibility index (Phi) is 6.99. The number of alkyl halides is 3. The van der Waals surface area contributed by atoms with Crippen molar-refractivity contribution in [3.05, 3.63) is 114 Å². The Balaban J connectivity index is 1.21. The third-order valence-corrected chi connectivity index (χ3v) is 7.06. The van der Waals surface area contributed by atoms with E-state index in [-0.39, 0.29) is 0 Å². The van der Waals surface area contributed by atoms with Crippen molar-refractivity contribution in [2.75, 3.05) is 36.0 Å². The van der Waals surface area contributed by atoms with Gasteiger partial charge in [-0.2, -0.15) is 13.2 Å². The maximum Gasteiger partial charge on any atom is 0.416 e. The lowest BCUT2D eigenvalue weighted by Gasteiger charge is -2.37. The third kappa shape index (κ3) is 5.57. The lowest BCUT2D eigenvalue weighted by atomic mass is 10.1. The first-order valence-electron chi connectivity index (χ1n) is 13.2. The molecule has 5 nitrogen and oxygen atoms in total. The summed E-state index contributed by atoms with van der Waals surface area (Å²) in [7, 11) is 0. The first kappa shape index (κ1) is 25.7. The molecule has 5 aromatic rings. The van der Waals surface area contributed by atoms with Gasteiger partial charge in [-0.3, -0.25) is 0 Å². The normalized spacial score (nSPS) is 14.0. The second kappa shape index (κ2) is 10.9. The molecule has 4 aromatic carbocycles. The molecule has 0 spiro atoms. The minimum atomic E-state index is -4.36. The Bertz CT molecular complexity index is 1600. The molecule has 1 aliphatic rings. The van der Waals surface area contributed by atoms with Crippen LogP contribution in [0.2, 0.25) is 0 Å². The van der Waals surface area contributed by atoms with Crippen LogP contribution in [-0.4, -0.2) is 36.1 Å². The van der Waals surface area contributed by atoms with Gasteiger partial charge in [-0.1, -0.05) is 48.5 Å². The molecule has 1 aromatic heterocycles. The minimum absolute atomic E-state index is 0.489. The zero-order chi connectivity index (χ0) is 27.5. The molecule has 40 heavy (non-hydrogen) atoms. The Morgan fingerprint density at radius 2 is 1.40 bits per heavy atom. The van der Waals surface area contributed by atoms with Crippen molar-refractivity contribution in [2.45, 2.75) is 12.8 Å². The van der Waals surface area contributed by atoms with E-state index in [1.807, 2.05) is 83.8 Å². The maximum atomic E-state index is 13.2. The van der Waals surface area contributed by atoms with E-state index in [1.54, 1.807) is 6.07 Å². The van der Waals surface area contributed by atoms with Gasteiger partial charge >= 0.3 is 6.18 Å². The van der Waals surface area contributed by atoms with Crippen LogP contribution in [-0.2, 0) is 12.8 Å². The molecule has 2 heterocycles. The average molecular weight is 541 g/mol. The number of ether oxygens (including phenoxy) is 1. The largest absolute Gasteiger partial charge is 0.489 e. The highest BCUT2D eigenvalue weighted by molar-refractivity contribution is 5.91. The molecule has 202 valence electrons. The Morgan fingerprint density at radius 1 is 0.700 bits per heavy atom. The first-order valence-corrected chi connectivity index (χ1v) is 13.2. The van der Waals surface area contributed by atoms with E-state index in [0.717, 1.165) is 39.7 Å². The van der Waals surface area contributed by atoms with Gasteiger partial charge in [-0.05, 0) is 60.2 Å².